The Kier molecular flexibility index (Phi) is 6.62. The largest absolute Gasteiger partial charge is 0.481 e. The number of carbonyl (C=O) groups is 2. The van der Waals surface area contributed by atoms with Crippen molar-refractivity contribution in [1.82, 2.24) is 10.2 Å². The standard InChI is InChI=1S/C13H24N2O4/c1-15(8-3-9-19-2)13(18)14-11-6-4-10(5-7-11)12(16)17/h10-11H,3-9H2,1-2H3,(H,14,18)(H,16,17). The summed E-state index contributed by atoms with van der Waals surface area (Å²) >= 11 is 0. The highest BCUT2D eigenvalue weighted by Crippen LogP contribution is 2.24. The fourth-order valence-electron chi connectivity index (χ4n) is 2.32. The van der Waals surface area contributed by atoms with E-state index in [0.717, 1.165) is 19.3 Å². The summed E-state index contributed by atoms with van der Waals surface area (Å²) in [6, 6.07) is 0.0165. The fourth-order valence-corrected chi connectivity index (χ4v) is 2.32. The maximum atomic E-state index is 11.9. The number of methoxy groups -OCH3 is 1. The van der Waals surface area contributed by atoms with Crippen molar-refractivity contribution in [2.75, 3.05) is 27.3 Å². The lowest BCUT2D eigenvalue weighted by Crippen LogP contribution is -2.45. The number of nitrogens with zero attached hydrogens (tertiary/aromatic N) is 1. The SMILES string of the molecule is COCCCN(C)C(=O)NC1CCC(C(=O)O)CC1. The van der Waals surface area contributed by atoms with Gasteiger partial charge in [0.2, 0.25) is 0 Å². The summed E-state index contributed by atoms with van der Waals surface area (Å²) in [7, 11) is 3.40. The Hall–Kier alpha value is -1.30. The van der Waals surface area contributed by atoms with Gasteiger partial charge in [-0.15, -0.1) is 0 Å². The molecule has 110 valence electrons. The third-order valence-corrected chi connectivity index (χ3v) is 3.59. The van der Waals surface area contributed by atoms with Gasteiger partial charge in [-0.1, -0.05) is 0 Å². The molecule has 6 nitrogen and oxygen atoms in total. The summed E-state index contributed by atoms with van der Waals surface area (Å²) in [4.78, 5) is 24.4. The molecule has 2 N–H and O–H groups in total. The van der Waals surface area contributed by atoms with E-state index >= 15 is 0 Å². The highest BCUT2D eigenvalue weighted by molar-refractivity contribution is 5.74. The minimum Gasteiger partial charge on any atom is -0.481 e. The molecule has 0 aromatic carbocycles. The van der Waals surface area contributed by atoms with Gasteiger partial charge >= 0.3 is 12.0 Å². The first-order valence-corrected chi connectivity index (χ1v) is 6.78. The predicted octanol–water partition coefficient (Wildman–Crippen LogP) is 1.31. The van der Waals surface area contributed by atoms with Gasteiger partial charge in [-0.2, -0.15) is 0 Å². The van der Waals surface area contributed by atoms with Crippen LogP contribution in [0.5, 0.6) is 0 Å². The van der Waals surface area contributed by atoms with E-state index in [2.05, 4.69) is 5.32 Å². The molecule has 0 aromatic heterocycles. The lowest BCUT2D eigenvalue weighted by molar-refractivity contribution is -0.142. The second-order valence-electron chi connectivity index (χ2n) is 5.10. The van der Waals surface area contributed by atoms with Crippen molar-refractivity contribution >= 4 is 12.0 Å². The average Bonchev–Trinajstić information content (AvgIpc) is 2.39. The second-order valence-corrected chi connectivity index (χ2v) is 5.10. The number of rotatable bonds is 6. The number of carboxylic acid groups (broad SMARTS) is 1. The van der Waals surface area contributed by atoms with Gasteiger partial charge in [0.1, 0.15) is 0 Å². The monoisotopic (exact) mass is 272 g/mol. The summed E-state index contributed by atoms with van der Waals surface area (Å²) in [6.07, 6.45) is 3.59. The minimum absolute atomic E-state index is 0.0881. The molecule has 6 heteroatoms. The van der Waals surface area contributed by atoms with Crippen LogP contribution in [0.3, 0.4) is 0 Å². The Labute approximate surface area is 114 Å². The van der Waals surface area contributed by atoms with Crippen molar-refractivity contribution in [3.05, 3.63) is 0 Å². The van der Waals surface area contributed by atoms with E-state index in [-0.39, 0.29) is 18.0 Å². The minimum atomic E-state index is -0.721. The van der Waals surface area contributed by atoms with Gasteiger partial charge in [0, 0.05) is 33.4 Å². The quantitative estimate of drug-likeness (QED) is 0.714. The van der Waals surface area contributed by atoms with Crippen LogP contribution in [0.2, 0.25) is 0 Å². The second kappa shape index (κ2) is 7.99. The molecule has 0 radical (unpaired) electrons. The molecule has 1 aliphatic rings. The van der Waals surface area contributed by atoms with Crippen molar-refractivity contribution < 1.29 is 19.4 Å². The van der Waals surface area contributed by atoms with Crippen LogP contribution in [0.25, 0.3) is 0 Å². The maximum Gasteiger partial charge on any atom is 0.317 e. The molecular formula is C13H24N2O4. The van der Waals surface area contributed by atoms with Crippen LogP contribution in [-0.2, 0) is 9.53 Å². The van der Waals surface area contributed by atoms with Crippen molar-refractivity contribution in [3.63, 3.8) is 0 Å². The molecule has 0 heterocycles. The first kappa shape index (κ1) is 15.8. The molecule has 1 saturated carbocycles. The maximum absolute atomic E-state index is 11.9. The average molecular weight is 272 g/mol. The van der Waals surface area contributed by atoms with Gasteiger partial charge in [0.15, 0.2) is 0 Å². The topological polar surface area (TPSA) is 78.9 Å². The predicted molar refractivity (Wildman–Crippen MR) is 71.0 cm³/mol. The number of aliphatic carboxylic acids is 1. The first-order valence-electron chi connectivity index (χ1n) is 6.78. The van der Waals surface area contributed by atoms with Crippen LogP contribution in [-0.4, -0.2) is 55.4 Å². The van der Waals surface area contributed by atoms with Gasteiger partial charge in [-0.25, -0.2) is 4.79 Å². The van der Waals surface area contributed by atoms with Crippen molar-refractivity contribution in [2.24, 2.45) is 5.92 Å². The highest BCUT2D eigenvalue weighted by Gasteiger charge is 2.27. The van der Waals surface area contributed by atoms with Gasteiger partial charge in [-0.3, -0.25) is 4.79 Å². The number of carbonyl (C=O) groups excluding carboxylic acids is 1. The van der Waals surface area contributed by atoms with Crippen molar-refractivity contribution in [1.29, 1.82) is 0 Å². The molecular weight excluding hydrogens is 248 g/mol. The van der Waals surface area contributed by atoms with Gasteiger partial charge in [-0.05, 0) is 32.1 Å². The molecule has 0 unspecified atom stereocenters. The fraction of sp³-hybridized carbons (Fsp3) is 0.846. The third-order valence-electron chi connectivity index (χ3n) is 3.59. The summed E-state index contributed by atoms with van der Waals surface area (Å²) in [5, 5.41) is 11.9. The Morgan fingerprint density at radius 3 is 2.47 bits per heavy atom. The molecule has 0 aromatic rings. The van der Waals surface area contributed by atoms with E-state index in [9.17, 15) is 9.59 Å². The molecule has 0 atom stereocenters. The van der Waals surface area contributed by atoms with Crippen LogP contribution < -0.4 is 5.32 Å². The number of ether oxygens (including phenoxy) is 1. The van der Waals surface area contributed by atoms with Gasteiger partial charge in [0.05, 0.1) is 5.92 Å². The number of nitrogens with one attached hydrogen (secondary N) is 1. The number of urea groups is 1. The van der Waals surface area contributed by atoms with Crippen LogP contribution in [0.15, 0.2) is 0 Å². The zero-order chi connectivity index (χ0) is 14.3. The highest BCUT2D eigenvalue weighted by atomic mass is 16.5. The molecule has 1 fully saturated rings. The molecule has 19 heavy (non-hydrogen) atoms. The van der Waals surface area contributed by atoms with Crippen LogP contribution in [0.4, 0.5) is 4.79 Å². The smallest absolute Gasteiger partial charge is 0.317 e. The Balaban J connectivity index is 2.24. The van der Waals surface area contributed by atoms with E-state index < -0.39 is 5.97 Å². The van der Waals surface area contributed by atoms with Gasteiger partial charge in [0.25, 0.3) is 0 Å². The molecule has 1 aliphatic carbocycles. The molecule has 0 saturated heterocycles. The normalized spacial score (nSPS) is 22.8. The Morgan fingerprint density at radius 2 is 1.95 bits per heavy atom. The van der Waals surface area contributed by atoms with E-state index in [1.165, 1.54) is 0 Å². The Morgan fingerprint density at radius 1 is 1.32 bits per heavy atom. The number of hydrogen-bond acceptors (Lipinski definition) is 3. The van der Waals surface area contributed by atoms with Crippen LogP contribution in [0, 0.1) is 5.92 Å². The molecule has 2 amide bonds. The number of amides is 2. The molecule has 0 aliphatic heterocycles. The summed E-state index contributed by atoms with van der Waals surface area (Å²) in [5.74, 6) is -0.964. The summed E-state index contributed by atoms with van der Waals surface area (Å²) < 4.78 is 4.94. The summed E-state index contributed by atoms with van der Waals surface area (Å²) in [5.41, 5.74) is 0. The third kappa shape index (κ3) is 5.46. The van der Waals surface area contributed by atoms with E-state index in [1.54, 1.807) is 19.1 Å². The lowest BCUT2D eigenvalue weighted by atomic mass is 9.86. The van der Waals surface area contributed by atoms with E-state index in [1.807, 2.05) is 0 Å². The zero-order valence-corrected chi connectivity index (χ0v) is 11.7. The van der Waals surface area contributed by atoms with E-state index in [0.29, 0.717) is 26.0 Å². The Bertz CT molecular complexity index is 301. The van der Waals surface area contributed by atoms with Crippen molar-refractivity contribution in [2.45, 2.75) is 38.1 Å². The lowest BCUT2D eigenvalue weighted by Gasteiger charge is -2.28. The van der Waals surface area contributed by atoms with Gasteiger partial charge < -0.3 is 20.1 Å². The molecule has 1 rings (SSSR count). The summed E-state index contributed by atoms with van der Waals surface area (Å²) in [6.45, 7) is 1.30. The number of hydrogen-bond donors (Lipinski definition) is 2. The zero-order valence-electron chi connectivity index (χ0n) is 11.7. The number of carboxylic acids is 1. The molecule has 0 bridgehead atoms. The first-order chi connectivity index (χ1) is 9.04. The van der Waals surface area contributed by atoms with Crippen molar-refractivity contribution in [3.8, 4) is 0 Å². The molecule has 0 spiro atoms. The van der Waals surface area contributed by atoms with Crippen LogP contribution >= 0.6 is 0 Å². The van der Waals surface area contributed by atoms with Crippen LogP contribution in [0.1, 0.15) is 32.1 Å². The van der Waals surface area contributed by atoms with E-state index in [4.69, 9.17) is 9.84 Å².